The Bertz CT molecular complexity index is 468. The van der Waals surface area contributed by atoms with Crippen LogP contribution in [-0.2, 0) is 18.0 Å². The fourth-order valence-electron chi connectivity index (χ4n) is 1.56. The molecule has 1 aromatic carbocycles. The largest absolute Gasteiger partial charge is 0.297 e. The number of aryl methyl sites for hydroxylation is 2. The second kappa shape index (κ2) is 5.91. The van der Waals surface area contributed by atoms with Gasteiger partial charge in [-0.3, -0.25) is 4.84 Å². The number of hydrogen-bond acceptors (Lipinski definition) is 4. The summed E-state index contributed by atoms with van der Waals surface area (Å²) in [5.41, 5.74) is 5.23. The molecule has 0 amide bonds. The highest BCUT2D eigenvalue weighted by Gasteiger charge is 2.03. The average molecular weight is 248 g/mol. The molecule has 0 radical (unpaired) electrons. The molecule has 1 N–H and O–H groups in total. The lowest BCUT2D eigenvalue weighted by atomic mass is 10.2. The van der Waals surface area contributed by atoms with E-state index in [-0.39, 0.29) is 0 Å². The van der Waals surface area contributed by atoms with Crippen molar-refractivity contribution in [1.29, 1.82) is 0 Å². The van der Waals surface area contributed by atoms with E-state index in [1.165, 1.54) is 4.88 Å². The first-order chi connectivity index (χ1) is 8.25. The zero-order valence-corrected chi connectivity index (χ0v) is 10.9. The highest BCUT2D eigenvalue weighted by molar-refractivity contribution is 7.11. The van der Waals surface area contributed by atoms with Crippen LogP contribution in [0.1, 0.15) is 21.1 Å². The summed E-state index contributed by atoms with van der Waals surface area (Å²) in [6, 6.07) is 10.1. The highest BCUT2D eigenvalue weighted by atomic mass is 32.1. The minimum atomic E-state index is 0.581. The van der Waals surface area contributed by atoms with Gasteiger partial charge in [0.1, 0.15) is 0 Å². The lowest BCUT2D eigenvalue weighted by Gasteiger charge is -2.04. The van der Waals surface area contributed by atoms with Gasteiger partial charge in [-0.1, -0.05) is 30.3 Å². The molecule has 0 saturated carbocycles. The van der Waals surface area contributed by atoms with Crippen molar-refractivity contribution in [2.45, 2.75) is 27.0 Å². The molecule has 2 aromatic rings. The van der Waals surface area contributed by atoms with E-state index in [9.17, 15) is 0 Å². The Labute approximate surface area is 105 Å². The number of rotatable bonds is 5. The third kappa shape index (κ3) is 3.63. The fraction of sp³-hybridized carbons (Fsp3) is 0.308. The molecule has 3 nitrogen and oxygen atoms in total. The second-order valence-corrected chi connectivity index (χ2v) is 5.12. The number of benzene rings is 1. The van der Waals surface area contributed by atoms with Gasteiger partial charge in [-0.15, -0.1) is 11.3 Å². The van der Waals surface area contributed by atoms with Gasteiger partial charge >= 0.3 is 0 Å². The zero-order chi connectivity index (χ0) is 12.1. The average Bonchev–Trinajstić information content (AvgIpc) is 2.65. The number of hydroxylamine groups is 1. The quantitative estimate of drug-likeness (QED) is 0.652. The summed E-state index contributed by atoms with van der Waals surface area (Å²) in [6.45, 7) is 5.34. The van der Waals surface area contributed by atoms with Crippen molar-refractivity contribution in [3.63, 3.8) is 0 Å². The van der Waals surface area contributed by atoms with Gasteiger partial charge in [0, 0.05) is 4.88 Å². The van der Waals surface area contributed by atoms with Gasteiger partial charge in [0.25, 0.3) is 0 Å². The van der Waals surface area contributed by atoms with Crippen LogP contribution in [0, 0.1) is 13.8 Å². The predicted octanol–water partition coefficient (Wildman–Crippen LogP) is 2.98. The molecule has 0 bridgehead atoms. The number of nitrogens with one attached hydrogen (secondary N) is 1. The van der Waals surface area contributed by atoms with Gasteiger partial charge in [-0.05, 0) is 19.4 Å². The Morgan fingerprint density at radius 2 is 2.00 bits per heavy atom. The maximum atomic E-state index is 5.42. The smallest absolute Gasteiger partial charge is 0.0933 e. The van der Waals surface area contributed by atoms with Crippen LogP contribution in [0.2, 0.25) is 0 Å². The normalized spacial score (nSPS) is 10.7. The topological polar surface area (TPSA) is 34.2 Å². The Kier molecular flexibility index (Phi) is 4.25. The van der Waals surface area contributed by atoms with E-state index in [0.717, 1.165) is 16.3 Å². The van der Waals surface area contributed by atoms with Crippen molar-refractivity contribution < 1.29 is 4.84 Å². The number of aromatic nitrogens is 1. The van der Waals surface area contributed by atoms with Crippen molar-refractivity contribution >= 4 is 11.3 Å². The van der Waals surface area contributed by atoms with E-state index in [2.05, 4.69) is 10.5 Å². The molecule has 0 saturated heterocycles. The molecule has 0 aliphatic carbocycles. The third-order valence-electron chi connectivity index (χ3n) is 2.42. The molecular weight excluding hydrogens is 232 g/mol. The molecule has 0 spiro atoms. The molecule has 2 rings (SSSR count). The first-order valence-electron chi connectivity index (χ1n) is 5.57. The maximum Gasteiger partial charge on any atom is 0.0933 e. The van der Waals surface area contributed by atoms with Gasteiger partial charge in [0.15, 0.2) is 0 Å². The van der Waals surface area contributed by atoms with Crippen LogP contribution < -0.4 is 5.48 Å². The molecular formula is C13H16N2OS. The predicted molar refractivity (Wildman–Crippen MR) is 69.7 cm³/mol. The van der Waals surface area contributed by atoms with E-state index in [0.29, 0.717) is 13.2 Å². The van der Waals surface area contributed by atoms with E-state index < -0.39 is 0 Å². The van der Waals surface area contributed by atoms with Crippen LogP contribution in [-0.4, -0.2) is 4.98 Å². The zero-order valence-electron chi connectivity index (χ0n) is 10.1. The molecule has 0 unspecified atom stereocenters. The Morgan fingerprint density at radius 1 is 1.24 bits per heavy atom. The minimum absolute atomic E-state index is 0.581. The van der Waals surface area contributed by atoms with Crippen molar-refractivity contribution in [3.8, 4) is 0 Å². The highest BCUT2D eigenvalue weighted by Crippen LogP contribution is 2.16. The third-order valence-corrected chi connectivity index (χ3v) is 3.49. The van der Waals surface area contributed by atoms with Gasteiger partial charge in [-0.25, -0.2) is 4.98 Å². The first kappa shape index (κ1) is 12.2. The molecule has 0 fully saturated rings. The van der Waals surface area contributed by atoms with Crippen molar-refractivity contribution in [2.24, 2.45) is 0 Å². The SMILES string of the molecule is Cc1nc(C)c(CNOCc2ccccc2)s1. The lowest BCUT2D eigenvalue weighted by Crippen LogP contribution is -2.13. The molecule has 4 heteroatoms. The molecule has 1 aromatic heterocycles. The van der Waals surface area contributed by atoms with Gasteiger partial charge in [0.2, 0.25) is 0 Å². The Balaban J connectivity index is 1.75. The van der Waals surface area contributed by atoms with Crippen molar-refractivity contribution in [1.82, 2.24) is 10.5 Å². The van der Waals surface area contributed by atoms with Gasteiger partial charge < -0.3 is 0 Å². The monoisotopic (exact) mass is 248 g/mol. The maximum absolute atomic E-state index is 5.42. The van der Waals surface area contributed by atoms with E-state index in [4.69, 9.17) is 4.84 Å². The summed E-state index contributed by atoms with van der Waals surface area (Å²) in [4.78, 5) is 11.0. The Morgan fingerprint density at radius 3 is 2.65 bits per heavy atom. The van der Waals surface area contributed by atoms with Crippen LogP contribution in [0.3, 0.4) is 0 Å². The minimum Gasteiger partial charge on any atom is -0.297 e. The van der Waals surface area contributed by atoms with Crippen LogP contribution in [0.25, 0.3) is 0 Å². The van der Waals surface area contributed by atoms with Crippen molar-refractivity contribution in [3.05, 3.63) is 51.5 Å². The summed E-state index contributed by atoms with van der Waals surface area (Å²) < 4.78 is 0. The Hall–Kier alpha value is -1.23. The van der Waals surface area contributed by atoms with Crippen LogP contribution in [0.15, 0.2) is 30.3 Å². The second-order valence-electron chi connectivity index (χ2n) is 3.84. The van der Waals surface area contributed by atoms with Crippen LogP contribution in [0.5, 0.6) is 0 Å². The summed E-state index contributed by atoms with van der Waals surface area (Å²) >= 11 is 1.71. The molecule has 1 heterocycles. The first-order valence-corrected chi connectivity index (χ1v) is 6.39. The van der Waals surface area contributed by atoms with E-state index in [1.807, 2.05) is 44.2 Å². The van der Waals surface area contributed by atoms with Crippen LogP contribution >= 0.6 is 11.3 Å². The van der Waals surface area contributed by atoms with Gasteiger partial charge in [0.05, 0.1) is 23.9 Å². The molecule has 90 valence electrons. The summed E-state index contributed by atoms with van der Waals surface area (Å²) in [7, 11) is 0. The molecule has 0 atom stereocenters. The summed E-state index contributed by atoms with van der Waals surface area (Å²) in [6.07, 6.45) is 0. The van der Waals surface area contributed by atoms with Gasteiger partial charge in [-0.2, -0.15) is 5.48 Å². The summed E-state index contributed by atoms with van der Waals surface area (Å²) in [5.74, 6) is 0. The molecule has 0 aliphatic heterocycles. The van der Waals surface area contributed by atoms with E-state index in [1.54, 1.807) is 11.3 Å². The standard InChI is InChI=1S/C13H16N2OS/c1-10-13(17-11(2)15-10)8-14-16-9-12-6-4-3-5-7-12/h3-7,14H,8-9H2,1-2H3. The summed E-state index contributed by atoms with van der Waals surface area (Å²) in [5, 5.41) is 1.10. The fourth-order valence-corrected chi connectivity index (χ4v) is 2.43. The number of hydrogen-bond donors (Lipinski definition) is 1. The molecule has 0 aliphatic rings. The van der Waals surface area contributed by atoms with E-state index >= 15 is 0 Å². The van der Waals surface area contributed by atoms with Crippen molar-refractivity contribution in [2.75, 3.05) is 0 Å². The molecule has 17 heavy (non-hydrogen) atoms. The van der Waals surface area contributed by atoms with Crippen LogP contribution in [0.4, 0.5) is 0 Å². The number of nitrogens with zero attached hydrogens (tertiary/aromatic N) is 1. The lowest BCUT2D eigenvalue weighted by molar-refractivity contribution is 0.0239. The number of thiazole rings is 1.